The third kappa shape index (κ3) is 2.49. The van der Waals surface area contributed by atoms with Crippen LogP contribution < -0.4 is 5.73 Å². The Morgan fingerprint density at radius 3 is 2.89 bits per heavy atom. The highest BCUT2D eigenvalue weighted by Crippen LogP contribution is 2.26. The van der Waals surface area contributed by atoms with Gasteiger partial charge in [-0.25, -0.2) is 13.4 Å². The molecular formula is C12H19N3O2S. The summed E-state index contributed by atoms with van der Waals surface area (Å²) < 4.78 is 26.7. The second kappa shape index (κ2) is 5.24. The van der Waals surface area contributed by atoms with E-state index in [2.05, 4.69) is 4.98 Å². The quantitative estimate of drug-likeness (QED) is 0.885. The Kier molecular flexibility index (Phi) is 3.87. The van der Waals surface area contributed by atoms with Crippen LogP contribution >= 0.6 is 0 Å². The van der Waals surface area contributed by atoms with E-state index in [1.807, 2.05) is 6.92 Å². The zero-order valence-corrected chi connectivity index (χ0v) is 11.4. The summed E-state index contributed by atoms with van der Waals surface area (Å²) in [5.74, 6) is 0.0777. The Morgan fingerprint density at radius 2 is 2.17 bits per heavy atom. The summed E-state index contributed by atoms with van der Waals surface area (Å²) >= 11 is 0. The number of sulfonamides is 1. The van der Waals surface area contributed by atoms with Crippen LogP contribution in [0.25, 0.3) is 0 Å². The molecular weight excluding hydrogens is 250 g/mol. The fourth-order valence-electron chi connectivity index (χ4n) is 2.35. The molecule has 1 aromatic rings. The van der Waals surface area contributed by atoms with Gasteiger partial charge in [-0.3, -0.25) is 0 Å². The number of rotatable bonds is 2. The van der Waals surface area contributed by atoms with Crippen LogP contribution in [-0.2, 0) is 10.0 Å². The molecule has 1 atom stereocenters. The van der Waals surface area contributed by atoms with Crippen molar-refractivity contribution in [1.29, 1.82) is 0 Å². The first kappa shape index (κ1) is 13.3. The van der Waals surface area contributed by atoms with Crippen LogP contribution in [0.2, 0.25) is 0 Å². The summed E-state index contributed by atoms with van der Waals surface area (Å²) in [4.78, 5) is 3.98. The summed E-state index contributed by atoms with van der Waals surface area (Å²) in [5.41, 5.74) is 5.68. The predicted octanol–water partition coefficient (Wildman–Crippen LogP) is 1.62. The first-order valence-corrected chi connectivity index (χ1v) is 7.70. The Morgan fingerprint density at radius 1 is 1.39 bits per heavy atom. The van der Waals surface area contributed by atoms with Gasteiger partial charge in [-0.05, 0) is 31.9 Å². The maximum atomic E-state index is 12.6. The van der Waals surface area contributed by atoms with Crippen molar-refractivity contribution in [3.8, 4) is 0 Å². The molecule has 6 heteroatoms. The zero-order chi connectivity index (χ0) is 13.2. The number of nitrogens with zero attached hydrogens (tertiary/aromatic N) is 2. The molecule has 1 aliphatic heterocycles. The Labute approximate surface area is 108 Å². The molecule has 1 unspecified atom stereocenters. The molecule has 1 fully saturated rings. The largest absolute Gasteiger partial charge is 0.383 e. The standard InChI is InChI=1S/C12H19N3O2S/c1-10-6-3-2-4-9-15(10)18(16,17)11-7-5-8-14-12(11)13/h5,7-8,10H,2-4,6,9H2,1H3,(H2,13,14). The van der Waals surface area contributed by atoms with Crippen molar-refractivity contribution >= 4 is 15.8 Å². The van der Waals surface area contributed by atoms with Gasteiger partial charge in [0.2, 0.25) is 10.0 Å². The summed E-state index contributed by atoms with van der Waals surface area (Å²) in [7, 11) is -3.52. The van der Waals surface area contributed by atoms with Gasteiger partial charge in [0, 0.05) is 18.8 Å². The molecule has 1 aromatic heterocycles. The number of pyridine rings is 1. The summed E-state index contributed by atoms with van der Waals surface area (Å²) in [6, 6.07) is 3.15. The lowest BCUT2D eigenvalue weighted by Gasteiger charge is -2.26. The first-order chi connectivity index (χ1) is 8.53. The lowest BCUT2D eigenvalue weighted by atomic mass is 10.1. The van der Waals surface area contributed by atoms with E-state index in [-0.39, 0.29) is 16.8 Å². The minimum atomic E-state index is -3.52. The molecule has 2 heterocycles. The summed E-state index contributed by atoms with van der Waals surface area (Å²) in [6.07, 6.45) is 5.47. The summed E-state index contributed by atoms with van der Waals surface area (Å²) in [5, 5.41) is 0. The molecule has 1 aliphatic rings. The maximum Gasteiger partial charge on any atom is 0.246 e. The molecule has 100 valence electrons. The third-order valence-electron chi connectivity index (χ3n) is 3.38. The van der Waals surface area contributed by atoms with Crippen molar-refractivity contribution < 1.29 is 8.42 Å². The Balaban J connectivity index is 2.38. The highest BCUT2D eigenvalue weighted by atomic mass is 32.2. The molecule has 1 saturated heterocycles. The van der Waals surface area contributed by atoms with Crippen molar-refractivity contribution in [3.63, 3.8) is 0 Å². The van der Waals surface area contributed by atoms with Crippen molar-refractivity contribution in [2.45, 2.75) is 43.5 Å². The molecule has 0 spiro atoms. The van der Waals surface area contributed by atoms with E-state index in [1.165, 1.54) is 12.3 Å². The lowest BCUT2D eigenvalue weighted by molar-refractivity contribution is 0.342. The van der Waals surface area contributed by atoms with Crippen molar-refractivity contribution in [3.05, 3.63) is 18.3 Å². The number of nitrogen functional groups attached to an aromatic ring is 1. The second-order valence-electron chi connectivity index (χ2n) is 4.70. The van der Waals surface area contributed by atoms with Gasteiger partial charge in [-0.15, -0.1) is 0 Å². The maximum absolute atomic E-state index is 12.6. The van der Waals surface area contributed by atoms with Crippen LogP contribution in [0.4, 0.5) is 5.82 Å². The predicted molar refractivity (Wildman–Crippen MR) is 70.5 cm³/mol. The smallest absolute Gasteiger partial charge is 0.246 e. The van der Waals surface area contributed by atoms with Gasteiger partial charge in [0.15, 0.2) is 0 Å². The van der Waals surface area contributed by atoms with E-state index >= 15 is 0 Å². The van der Waals surface area contributed by atoms with Gasteiger partial charge in [0.1, 0.15) is 10.7 Å². The molecule has 0 bridgehead atoms. The van der Waals surface area contributed by atoms with Crippen molar-refractivity contribution in [2.75, 3.05) is 12.3 Å². The molecule has 0 amide bonds. The molecule has 0 radical (unpaired) electrons. The number of anilines is 1. The lowest BCUT2D eigenvalue weighted by Crippen LogP contribution is -2.38. The number of nitrogens with two attached hydrogens (primary N) is 1. The van der Waals surface area contributed by atoms with Gasteiger partial charge in [0.05, 0.1) is 0 Å². The van der Waals surface area contributed by atoms with Crippen molar-refractivity contribution in [1.82, 2.24) is 9.29 Å². The second-order valence-corrected chi connectivity index (χ2v) is 6.56. The molecule has 0 aliphatic carbocycles. The molecule has 0 aromatic carbocycles. The van der Waals surface area contributed by atoms with Crippen LogP contribution in [0.3, 0.4) is 0 Å². The van der Waals surface area contributed by atoms with Gasteiger partial charge in [-0.1, -0.05) is 12.8 Å². The van der Waals surface area contributed by atoms with E-state index in [0.717, 1.165) is 25.7 Å². The van der Waals surface area contributed by atoms with Crippen LogP contribution in [0, 0.1) is 0 Å². The number of hydrogen-bond donors (Lipinski definition) is 1. The molecule has 5 nitrogen and oxygen atoms in total. The van der Waals surface area contributed by atoms with Crippen LogP contribution in [0.5, 0.6) is 0 Å². The SMILES string of the molecule is CC1CCCCCN1S(=O)(=O)c1cccnc1N. The van der Waals surface area contributed by atoms with E-state index in [1.54, 1.807) is 10.4 Å². The fraction of sp³-hybridized carbons (Fsp3) is 0.583. The molecule has 2 rings (SSSR count). The Hall–Kier alpha value is -1.14. The molecule has 2 N–H and O–H groups in total. The van der Waals surface area contributed by atoms with Crippen molar-refractivity contribution in [2.24, 2.45) is 0 Å². The van der Waals surface area contributed by atoms with Crippen LogP contribution in [-0.4, -0.2) is 30.3 Å². The Bertz CT molecular complexity index is 516. The van der Waals surface area contributed by atoms with E-state index < -0.39 is 10.0 Å². The van der Waals surface area contributed by atoms with E-state index in [4.69, 9.17) is 5.73 Å². The normalized spacial score (nSPS) is 22.6. The van der Waals surface area contributed by atoms with Gasteiger partial charge in [-0.2, -0.15) is 4.31 Å². The van der Waals surface area contributed by atoms with E-state index in [9.17, 15) is 8.42 Å². The molecule has 18 heavy (non-hydrogen) atoms. The van der Waals surface area contributed by atoms with Gasteiger partial charge < -0.3 is 5.73 Å². The highest BCUT2D eigenvalue weighted by molar-refractivity contribution is 7.89. The average Bonchev–Trinajstić information content (AvgIpc) is 2.54. The van der Waals surface area contributed by atoms with Gasteiger partial charge in [0.25, 0.3) is 0 Å². The van der Waals surface area contributed by atoms with E-state index in [0.29, 0.717) is 6.54 Å². The fourth-order valence-corrected chi connectivity index (χ4v) is 4.12. The topological polar surface area (TPSA) is 76.3 Å². The average molecular weight is 269 g/mol. The third-order valence-corrected chi connectivity index (χ3v) is 5.44. The number of aromatic nitrogens is 1. The minimum absolute atomic E-state index is 0.0251. The number of hydrogen-bond acceptors (Lipinski definition) is 4. The minimum Gasteiger partial charge on any atom is -0.383 e. The highest BCUT2D eigenvalue weighted by Gasteiger charge is 2.31. The zero-order valence-electron chi connectivity index (χ0n) is 10.5. The van der Waals surface area contributed by atoms with Crippen LogP contribution in [0.15, 0.2) is 23.2 Å². The van der Waals surface area contributed by atoms with Gasteiger partial charge >= 0.3 is 0 Å². The monoisotopic (exact) mass is 269 g/mol. The summed E-state index contributed by atoms with van der Waals surface area (Å²) in [6.45, 7) is 2.52. The first-order valence-electron chi connectivity index (χ1n) is 6.26. The molecule has 0 saturated carbocycles. The van der Waals surface area contributed by atoms with Crippen LogP contribution in [0.1, 0.15) is 32.6 Å².